The van der Waals surface area contributed by atoms with E-state index in [-0.39, 0.29) is 35.7 Å². The smallest absolute Gasteiger partial charge is 0.364 e. The Kier molecular flexibility index (Phi) is 5.24. The van der Waals surface area contributed by atoms with Crippen LogP contribution in [0, 0.1) is 18.6 Å². The second-order valence-electron chi connectivity index (χ2n) is 7.44. The van der Waals surface area contributed by atoms with Crippen molar-refractivity contribution in [1.29, 1.82) is 0 Å². The van der Waals surface area contributed by atoms with Gasteiger partial charge in [-0.1, -0.05) is 11.6 Å². The molecule has 31 heavy (non-hydrogen) atoms. The molecule has 0 radical (unpaired) electrons. The van der Waals surface area contributed by atoms with Gasteiger partial charge in [0.05, 0.1) is 28.4 Å². The molecule has 1 unspecified atom stereocenters. The number of carbonyl (C=O) groups is 1. The van der Waals surface area contributed by atoms with Crippen molar-refractivity contribution < 1.29 is 26.7 Å². The van der Waals surface area contributed by atoms with Crippen molar-refractivity contribution in [3.8, 4) is 0 Å². The molecule has 5 nitrogen and oxygen atoms in total. The summed E-state index contributed by atoms with van der Waals surface area (Å²) >= 11 is 0. The zero-order valence-corrected chi connectivity index (χ0v) is 16.3. The Hall–Kier alpha value is -3.30. The number of halogens is 5. The minimum Gasteiger partial charge on any atom is -0.364 e. The monoisotopic (exact) mass is 436 g/mol. The van der Waals surface area contributed by atoms with Crippen LogP contribution in [0.3, 0.4) is 0 Å². The van der Waals surface area contributed by atoms with Crippen molar-refractivity contribution in [2.45, 2.75) is 25.6 Å². The number of nitrogens with zero attached hydrogens (tertiary/aromatic N) is 3. The molecule has 0 bridgehead atoms. The molecule has 0 saturated carbocycles. The lowest BCUT2D eigenvalue weighted by Crippen LogP contribution is -2.33. The molecule has 1 saturated heterocycles. The summed E-state index contributed by atoms with van der Waals surface area (Å²) in [5.74, 6) is -2.47. The summed E-state index contributed by atoms with van der Waals surface area (Å²) in [6, 6.07) is 5.08. The van der Waals surface area contributed by atoms with Gasteiger partial charge in [0.15, 0.2) is 11.6 Å². The Labute approximate surface area is 173 Å². The molecule has 162 valence electrons. The molecule has 1 aromatic heterocycles. The molecule has 4 rings (SSSR count). The Bertz CT molecular complexity index is 1160. The highest BCUT2D eigenvalue weighted by atomic mass is 19.4. The maximum Gasteiger partial charge on any atom is 0.417 e. The van der Waals surface area contributed by atoms with Crippen LogP contribution in [-0.2, 0) is 6.18 Å². The van der Waals surface area contributed by atoms with Crippen LogP contribution in [0.15, 0.2) is 36.5 Å². The highest BCUT2D eigenvalue weighted by Gasteiger charge is 2.37. The van der Waals surface area contributed by atoms with Gasteiger partial charge in [0.2, 0.25) is 0 Å². The number of aryl methyl sites for hydroxylation is 1. The lowest BCUT2D eigenvalue weighted by Gasteiger charge is -2.20. The first-order chi connectivity index (χ1) is 14.6. The van der Waals surface area contributed by atoms with E-state index < -0.39 is 29.3 Å². The van der Waals surface area contributed by atoms with E-state index in [1.165, 1.54) is 23.2 Å². The molecule has 1 fully saturated rings. The number of amides is 1. The number of alkyl halides is 3. The van der Waals surface area contributed by atoms with Gasteiger partial charge in [-0.3, -0.25) is 9.78 Å². The minimum absolute atomic E-state index is 0.157. The van der Waals surface area contributed by atoms with E-state index in [1.807, 2.05) is 0 Å². The molecule has 1 aliphatic rings. The van der Waals surface area contributed by atoms with Crippen LogP contribution in [0.25, 0.3) is 11.0 Å². The average Bonchev–Trinajstić information content (AvgIpc) is 3.16. The number of hydrogen-bond donors (Lipinski definition) is 1. The van der Waals surface area contributed by atoms with Crippen LogP contribution in [0.5, 0.6) is 0 Å². The van der Waals surface area contributed by atoms with Crippen molar-refractivity contribution in [2.24, 2.45) is 0 Å². The van der Waals surface area contributed by atoms with Crippen LogP contribution in [0.2, 0.25) is 0 Å². The second-order valence-corrected chi connectivity index (χ2v) is 7.44. The summed E-state index contributed by atoms with van der Waals surface area (Å²) < 4.78 is 66.7. The first kappa shape index (κ1) is 21.0. The van der Waals surface area contributed by atoms with E-state index in [1.54, 1.807) is 6.92 Å². The van der Waals surface area contributed by atoms with Gasteiger partial charge in [0.1, 0.15) is 5.82 Å². The topological polar surface area (TPSA) is 58.1 Å². The zero-order valence-electron chi connectivity index (χ0n) is 16.3. The number of aromatic nitrogens is 2. The molecular formula is C21H17F5N4O. The van der Waals surface area contributed by atoms with Crippen LogP contribution in [0.1, 0.15) is 27.9 Å². The van der Waals surface area contributed by atoms with E-state index in [9.17, 15) is 26.7 Å². The van der Waals surface area contributed by atoms with E-state index >= 15 is 0 Å². The number of carbonyl (C=O) groups excluding carboxylic acids is 1. The van der Waals surface area contributed by atoms with Gasteiger partial charge in [0, 0.05) is 31.3 Å². The molecule has 10 heteroatoms. The van der Waals surface area contributed by atoms with Gasteiger partial charge in [-0.05, 0) is 25.5 Å². The Morgan fingerprint density at radius 3 is 2.55 bits per heavy atom. The Balaban J connectivity index is 1.50. The molecule has 3 aromatic rings. The number of likely N-dealkylation sites (tertiary alicyclic amines) is 1. The SMILES string of the molecule is Cc1ccc(C(F)(F)F)c(C(=O)N2CCC(Nc3cnc4cc(F)c(F)cc4n3)C2)c1. The minimum atomic E-state index is -4.63. The predicted octanol–water partition coefficient (Wildman–Crippen LogP) is 4.56. The fraction of sp³-hybridized carbons (Fsp3) is 0.286. The molecule has 1 N–H and O–H groups in total. The molecule has 2 aromatic carbocycles. The zero-order chi connectivity index (χ0) is 22.3. The molecule has 1 atom stereocenters. The van der Waals surface area contributed by atoms with Gasteiger partial charge >= 0.3 is 6.18 Å². The highest BCUT2D eigenvalue weighted by Crippen LogP contribution is 2.33. The first-order valence-electron chi connectivity index (χ1n) is 9.47. The van der Waals surface area contributed by atoms with Gasteiger partial charge in [-0.25, -0.2) is 13.8 Å². The number of hydrogen-bond acceptors (Lipinski definition) is 4. The van der Waals surface area contributed by atoms with E-state index in [0.29, 0.717) is 17.8 Å². The van der Waals surface area contributed by atoms with E-state index in [0.717, 1.165) is 18.2 Å². The van der Waals surface area contributed by atoms with Gasteiger partial charge < -0.3 is 10.2 Å². The molecule has 0 aliphatic carbocycles. The van der Waals surface area contributed by atoms with Crippen molar-refractivity contribution in [3.63, 3.8) is 0 Å². The third-order valence-corrected chi connectivity index (χ3v) is 5.12. The number of benzene rings is 2. The quantitative estimate of drug-likeness (QED) is 0.612. The van der Waals surface area contributed by atoms with E-state index in [2.05, 4.69) is 15.3 Å². The fourth-order valence-corrected chi connectivity index (χ4v) is 3.60. The van der Waals surface area contributed by atoms with Crippen LogP contribution in [-0.4, -0.2) is 39.9 Å². The van der Waals surface area contributed by atoms with Crippen LogP contribution in [0.4, 0.5) is 27.8 Å². The van der Waals surface area contributed by atoms with Crippen LogP contribution < -0.4 is 5.32 Å². The maximum atomic E-state index is 13.4. The Morgan fingerprint density at radius 2 is 1.84 bits per heavy atom. The van der Waals surface area contributed by atoms with Gasteiger partial charge in [-0.15, -0.1) is 0 Å². The van der Waals surface area contributed by atoms with Crippen molar-refractivity contribution in [1.82, 2.24) is 14.9 Å². The van der Waals surface area contributed by atoms with E-state index in [4.69, 9.17) is 0 Å². The summed E-state index contributed by atoms with van der Waals surface area (Å²) in [4.78, 5) is 22.4. The largest absolute Gasteiger partial charge is 0.417 e. The third-order valence-electron chi connectivity index (χ3n) is 5.12. The Morgan fingerprint density at radius 1 is 1.13 bits per heavy atom. The normalized spacial score (nSPS) is 16.7. The average molecular weight is 436 g/mol. The third kappa shape index (κ3) is 4.28. The molecule has 1 amide bonds. The standard InChI is InChI=1S/C21H17F5N4O/c1-11-2-3-14(21(24,25)26)13(6-11)20(31)30-5-4-12(10-30)28-19-9-27-17-7-15(22)16(23)8-18(17)29-19/h2-3,6-9,12H,4-5,10H2,1H3,(H,28,29). The van der Waals surface area contributed by atoms with Gasteiger partial charge in [-0.2, -0.15) is 13.2 Å². The number of rotatable bonds is 3. The second kappa shape index (κ2) is 7.75. The summed E-state index contributed by atoms with van der Waals surface area (Å²) in [5, 5.41) is 3.05. The summed E-state index contributed by atoms with van der Waals surface area (Å²) in [6.07, 6.45) is -2.80. The molecule has 1 aliphatic heterocycles. The first-order valence-corrected chi connectivity index (χ1v) is 9.47. The summed E-state index contributed by atoms with van der Waals surface area (Å²) in [6.45, 7) is 2.06. The molecule has 2 heterocycles. The molecule has 0 spiro atoms. The lowest BCUT2D eigenvalue weighted by atomic mass is 10.0. The number of nitrogens with one attached hydrogen (secondary N) is 1. The van der Waals surface area contributed by atoms with Crippen LogP contribution >= 0.6 is 0 Å². The maximum absolute atomic E-state index is 13.4. The number of anilines is 1. The number of fused-ring (bicyclic) bond motifs is 1. The van der Waals surface area contributed by atoms with Crippen molar-refractivity contribution >= 4 is 22.8 Å². The van der Waals surface area contributed by atoms with Crippen molar-refractivity contribution in [2.75, 3.05) is 18.4 Å². The lowest BCUT2D eigenvalue weighted by molar-refractivity contribution is -0.138. The highest BCUT2D eigenvalue weighted by molar-refractivity contribution is 5.96. The fourth-order valence-electron chi connectivity index (χ4n) is 3.60. The summed E-state index contributed by atoms with van der Waals surface area (Å²) in [5.41, 5.74) is -0.443. The van der Waals surface area contributed by atoms with Crippen molar-refractivity contribution in [3.05, 3.63) is 64.9 Å². The summed E-state index contributed by atoms with van der Waals surface area (Å²) in [7, 11) is 0. The predicted molar refractivity (Wildman–Crippen MR) is 104 cm³/mol. The van der Waals surface area contributed by atoms with Gasteiger partial charge in [0.25, 0.3) is 5.91 Å². The molecular weight excluding hydrogens is 419 g/mol.